The van der Waals surface area contributed by atoms with Gasteiger partial charge in [0.1, 0.15) is 0 Å². The summed E-state index contributed by atoms with van der Waals surface area (Å²) in [6.07, 6.45) is 2.75. The molecule has 7 heteroatoms. The standard InChI is InChI=1S/C18H19BrN2O3S/c1-25(23,24)21-16-5-3-2-4-13(16)12-20-17(22)18(10-11-18)14-6-8-15(19)9-7-14/h2-9,21H,10-12H2,1H3,(H,20,22). The first kappa shape index (κ1) is 17.9. The molecule has 2 aromatic rings. The van der Waals surface area contributed by atoms with Gasteiger partial charge in [0, 0.05) is 11.0 Å². The highest BCUT2D eigenvalue weighted by Gasteiger charge is 2.51. The first-order valence-electron chi connectivity index (χ1n) is 7.90. The number of hydrogen-bond donors (Lipinski definition) is 2. The quantitative estimate of drug-likeness (QED) is 0.750. The van der Waals surface area contributed by atoms with Gasteiger partial charge < -0.3 is 5.32 Å². The van der Waals surface area contributed by atoms with Crippen LogP contribution in [0.1, 0.15) is 24.0 Å². The Bertz CT molecular complexity index is 891. The molecule has 0 atom stereocenters. The first-order valence-corrected chi connectivity index (χ1v) is 10.6. The molecule has 0 saturated heterocycles. The summed E-state index contributed by atoms with van der Waals surface area (Å²) in [7, 11) is -3.37. The van der Waals surface area contributed by atoms with Crippen LogP contribution in [0.3, 0.4) is 0 Å². The van der Waals surface area contributed by atoms with E-state index in [0.717, 1.165) is 34.7 Å². The Morgan fingerprint density at radius 2 is 1.76 bits per heavy atom. The van der Waals surface area contributed by atoms with E-state index >= 15 is 0 Å². The molecule has 0 heterocycles. The summed E-state index contributed by atoms with van der Waals surface area (Å²) in [5.41, 5.74) is 1.77. The molecule has 2 N–H and O–H groups in total. The zero-order valence-corrected chi connectivity index (χ0v) is 16.2. The molecule has 1 aliphatic carbocycles. The van der Waals surface area contributed by atoms with Crippen molar-refractivity contribution in [3.63, 3.8) is 0 Å². The van der Waals surface area contributed by atoms with Crippen molar-refractivity contribution in [1.82, 2.24) is 5.32 Å². The van der Waals surface area contributed by atoms with E-state index in [0.29, 0.717) is 5.69 Å². The highest BCUT2D eigenvalue weighted by atomic mass is 79.9. The van der Waals surface area contributed by atoms with Gasteiger partial charge in [-0.25, -0.2) is 8.42 Å². The highest BCUT2D eigenvalue weighted by molar-refractivity contribution is 9.10. The second-order valence-electron chi connectivity index (χ2n) is 6.30. The van der Waals surface area contributed by atoms with Crippen molar-refractivity contribution in [2.75, 3.05) is 11.0 Å². The van der Waals surface area contributed by atoms with E-state index in [1.54, 1.807) is 18.2 Å². The van der Waals surface area contributed by atoms with E-state index in [1.807, 2.05) is 30.3 Å². The summed E-state index contributed by atoms with van der Waals surface area (Å²) < 4.78 is 26.4. The largest absolute Gasteiger partial charge is 0.351 e. The van der Waals surface area contributed by atoms with Crippen molar-refractivity contribution in [3.05, 3.63) is 64.1 Å². The fourth-order valence-corrected chi connectivity index (χ4v) is 3.72. The van der Waals surface area contributed by atoms with E-state index in [2.05, 4.69) is 26.0 Å². The number of hydrogen-bond acceptors (Lipinski definition) is 3. The number of amides is 1. The minimum atomic E-state index is -3.37. The molecule has 1 fully saturated rings. The second-order valence-corrected chi connectivity index (χ2v) is 8.97. The third-order valence-corrected chi connectivity index (χ3v) is 5.45. The highest BCUT2D eigenvalue weighted by Crippen LogP contribution is 2.48. The summed E-state index contributed by atoms with van der Waals surface area (Å²) in [5, 5.41) is 2.96. The summed E-state index contributed by atoms with van der Waals surface area (Å²) in [6, 6.07) is 14.9. The molecule has 0 bridgehead atoms. The molecule has 0 aromatic heterocycles. The molecule has 132 valence electrons. The number of para-hydroxylation sites is 1. The SMILES string of the molecule is CS(=O)(=O)Nc1ccccc1CNC(=O)C1(c2ccc(Br)cc2)CC1. The Kier molecular flexibility index (Phi) is 4.88. The Balaban J connectivity index is 1.72. The molecule has 1 amide bonds. The van der Waals surface area contributed by atoms with Gasteiger partial charge in [0.2, 0.25) is 15.9 Å². The fourth-order valence-electron chi connectivity index (χ4n) is 2.86. The molecule has 0 unspecified atom stereocenters. The van der Waals surface area contributed by atoms with Crippen molar-refractivity contribution in [1.29, 1.82) is 0 Å². The average Bonchev–Trinajstić information content (AvgIpc) is 3.35. The lowest BCUT2D eigenvalue weighted by atomic mass is 9.95. The smallest absolute Gasteiger partial charge is 0.230 e. The Labute approximate surface area is 156 Å². The van der Waals surface area contributed by atoms with Crippen LogP contribution in [0.25, 0.3) is 0 Å². The lowest BCUT2D eigenvalue weighted by molar-refractivity contribution is -0.123. The van der Waals surface area contributed by atoms with Crippen molar-refractivity contribution in [2.45, 2.75) is 24.8 Å². The average molecular weight is 423 g/mol. The number of carbonyl (C=O) groups is 1. The van der Waals surface area contributed by atoms with Gasteiger partial charge in [0.15, 0.2) is 0 Å². The second kappa shape index (κ2) is 6.80. The third-order valence-electron chi connectivity index (χ3n) is 4.33. The molecule has 0 aliphatic heterocycles. The number of halogens is 1. The summed E-state index contributed by atoms with van der Waals surface area (Å²) >= 11 is 3.41. The Morgan fingerprint density at radius 3 is 2.36 bits per heavy atom. The minimum Gasteiger partial charge on any atom is -0.351 e. The summed E-state index contributed by atoms with van der Waals surface area (Å²) in [6.45, 7) is 0.274. The Hall–Kier alpha value is -1.86. The maximum Gasteiger partial charge on any atom is 0.230 e. The molecular weight excluding hydrogens is 404 g/mol. The van der Waals surface area contributed by atoms with Gasteiger partial charge in [-0.15, -0.1) is 0 Å². The molecule has 2 aromatic carbocycles. The normalized spacial score (nSPS) is 15.4. The summed E-state index contributed by atoms with van der Waals surface area (Å²) in [5.74, 6) is -0.0241. The monoisotopic (exact) mass is 422 g/mol. The van der Waals surface area contributed by atoms with Crippen LogP contribution in [0, 0.1) is 0 Å². The molecule has 1 aliphatic rings. The van der Waals surface area contributed by atoms with E-state index in [4.69, 9.17) is 0 Å². The lowest BCUT2D eigenvalue weighted by Gasteiger charge is -2.17. The first-order chi connectivity index (χ1) is 11.8. The number of sulfonamides is 1. The third kappa shape index (κ3) is 4.22. The van der Waals surface area contributed by atoms with Crippen LogP contribution < -0.4 is 10.0 Å². The number of anilines is 1. The van der Waals surface area contributed by atoms with Crippen LogP contribution in [0.4, 0.5) is 5.69 Å². The van der Waals surface area contributed by atoms with Crippen LogP contribution in [-0.2, 0) is 26.8 Å². The minimum absolute atomic E-state index is 0.0241. The molecular formula is C18H19BrN2O3S. The molecule has 3 rings (SSSR count). The van der Waals surface area contributed by atoms with Crippen molar-refractivity contribution < 1.29 is 13.2 Å². The van der Waals surface area contributed by atoms with Gasteiger partial charge in [0.25, 0.3) is 0 Å². The van der Waals surface area contributed by atoms with Gasteiger partial charge in [-0.3, -0.25) is 9.52 Å². The van der Waals surface area contributed by atoms with E-state index < -0.39 is 15.4 Å². The molecule has 0 radical (unpaired) electrons. The Morgan fingerprint density at radius 1 is 1.12 bits per heavy atom. The maximum atomic E-state index is 12.7. The van der Waals surface area contributed by atoms with Crippen LogP contribution in [0.15, 0.2) is 53.0 Å². The number of carbonyl (C=O) groups excluding carboxylic acids is 1. The summed E-state index contributed by atoms with van der Waals surface area (Å²) in [4.78, 5) is 12.7. The number of benzene rings is 2. The van der Waals surface area contributed by atoms with Crippen LogP contribution in [-0.4, -0.2) is 20.6 Å². The van der Waals surface area contributed by atoms with Crippen LogP contribution in [0.5, 0.6) is 0 Å². The van der Waals surface area contributed by atoms with Gasteiger partial charge in [-0.1, -0.05) is 46.3 Å². The zero-order valence-electron chi connectivity index (χ0n) is 13.8. The predicted octanol–water partition coefficient (Wildman–Crippen LogP) is 3.17. The molecule has 5 nitrogen and oxygen atoms in total. The van der Waals surface area contributed by atoms with E-state index in [1.165, 1.54) is 0 Å². The van der Waals surface area contributed by atoms with Crippen molar-refractivity contribution in [2.24, 2.45) is 0 Å². The van der Waals surface area contributed by atoms with Crippen molar-refractivity contribution in [3.8, 4) is 0 Å². The number of nitrogens with one attached hydrogen (secondary N) is 2. The lowest BCUT2D eigenvalue weighted by Crippen LogP contribution is -2.34. The van der Waals surface area contributed by atoms with Crippen molar-refractivity contribution >= 4 is 37.5 Å². The predicted molar refractivity (Wildman–Crippen MR) is 102 cm³/mol. The van der Waals surface area contributed by atoms with Gasteiger partial charge in [-0.05, 0) is 42.2 Å². The maximum absolute atomic E-state index is 12.7. The topological polar surface area (TPSA) is 75.3 Å². The van der Waals surface area contributed by atoms with Gasteiger partial charge in [-0.2, -0.15) is 0 Å². The van der Waals surface area contributed by atoms with Crippen LogP contribution >= 0.6 is 15.9 Å². The zero-order chi connectivity index (χ0) is 18.1. The molecule has 25 heavy (non-hydrogen) atoms. The van der Waals surface area contributed by atoms with Gasteiger partial charge >= 0.3 is 0 Å². The fraction of sp³-hybridized carbons (Fsp3) is 0.278. The molecule has 1 saturated carbocycles. The molecule has 0 spiro atoms. The van der Waals surface area contributed by atoms with Crippen LogP contribution in [0.2, 0.25) is 0 Å². The van der Waals surface area contributed by atoms with E-state index in [-0.39, 0.29) is 12.5 Å². The van der Waals surface area contributed by atoms with E-state index in [9.17, 15) is 13.2 Å². The number of rotatable bonds is 6. The van der Waals surface area contributed by atoms with Gasteiger partial charge in [0.05, 0.1) is 17.4 Å².